The van der Waals surface area contributed by atoms with Gasteiger partial charge in [0.15, 0.2) is 0 Å². The first kappa shape index (κ1) is 15.2. The number of hydrogen-bond donors (Lipinski definition) is 0. The van der Waals surface area contributed by atoms with Crippen molar-refractivity contribution in [3.8, 4) is 0 Å². The predicted octanol–water partition coefficient (Wildman–Crippen LogP) is 4.68. The van der Waals surface area contributed by atoms with Gasteiger partial charge in [0.25, 0.3) is 0 Å². The molecule has 14 heavy (non-hydrogen) atoms. The SMILES string of the molecule is Brc1cc(Br)cc(Br)c1.O=S(=O)(Cl)Cl. The molecule has 0 atom stereocenters. The molecule has 8 heteroatoms. The second-order valence-electron chi connectivity index (χ2n) is 1.97. The third-order valence-corrected chi connectivity index (χ3v) is 2.20. The van der Waals surface area contributed by atoms with Crippen LogP contribution in [0.3, 0.4) is 0 Å². The smallest absolute Gasteiger partial charge is 0.195 e. The van der Waals surface area contributed by atoms with E-state index >= 15 is 0 Å². The van der Waals surface area contributed by atoms with Crippen molar-refractivity contribution in [2.75, 3.05) is 0 Å². The zero-order valence-corrected chi connectivity index (χ0v) is 13.4. The summed E-state index contributed by atoms with van der Waals surface area (Å²) in [6.07, 6.45) is 0. The van der Waals surface area contributed by atoms with E-state index in [4.69, 9.17) is 8.42 Å². The van der Waals surface area contributed by atoms with Gasteiger partial charge in [0.2, 0.25) is 0 Å². The molecule has 0 fully saturated rings. The summed E-state index contributed by atoms with van der Waals surface area (Å²) in [4.78, 5) is 0. The quantitative estimate of drug-likeness (QED) is 0.539. The fourth-order valence-electron chi connectivity index (χ4n) is 0.520. The average molecular weight is 450 g/mol. The molecule has 0 saturated heterocycles. The summed E-state index contributed by atoms with van der Waals surface area (Å²) in [5.41, 5.74) is 0. The standard InChI is InChI=1S/C6H3Br3.Cl2O2S/c7-4-1-5(8)3-6(9)2-4;1-5(2,3)4/h1-3H;. The van der Waals surface area contributed by atoms with Gasteiger partial charge in [-0.1, -0.05) is 47.8 Å². The topological polar surface area (TPSA) is 34.1 Å². The van der Waals surface area contributed by atoms with Crippen molar-refractivity contribution in [1.29, 1.82) is 0 Å². The number of rotatable bonds is 0. The average Bonchev–Trinajstić information content (AvgIpc) is 1.77. The molecule has 0 spiro atoms. The van der Waals surface area contributed by atoms with Crippen LogP contribution in [0, 0.1) is 0 Å². The fraction of sp³-hybridized carbons (Fsp3) is 0. The van der Waals surface area contributed by atoms with Gasteiger partial charge in [-0.15, -0.1) is 0 Å². The molecule has 0 aliphatic rings. The van der Waals surface area contributed by atoms with Crippen LogP contribution in [0.5, 0.6) is 0 Å². The molecule has 0 heterocycles. The van der Waals surface area contributed by atoms with E-state index in [9.17, 15) is 0 Å². The van der Waals surface area contributed by atoms with E-state index in [2.05, 4.69) is 69.2 Å². The van der Waals surface area contributed by atoms with Gasteiger partial charge in [0.1, 0.15) is 0 Å². The van der Waals surface area contributed by atoms with E-state index in [0.29, 0.717) is 0 Å². The minimum absolute atomic E-state index is 1.07. The van der Waals surface area contributed by atoms with E-state index in [0.717, 1.165) is 13.4 Å². The Balaban J connectivity index is 0.000000292. The van der Waals surface area contributed by atoms with E-state index < -0.39 is 8.26 Å². The molecule has 2 nitrogen and oxygen atoms in total. The van der Waals surface area contributed by atoms with E-state index in [1.165, 1.54) is 0 Å². The summed E-state index contributed by atoms with van der Waals surface area (Å²) in [5, 5.41) is 0. The fourth-order valence-corrected chi connectivity index (χ4v) is 2.92. The molecule has 1 aromatic carbocycles. The Kier molecular flexibility index (Phi) is 7.27. The largest absolute Gasteiger partial charge is 0.317 e. The maximum atomic E-state index is 9.16. The maximum absolute atomic E-state index is 9.16. The van der Waals surface area contributed by atoms with E-state index in [1.807, 2.05) is 18.2 Å². The number of hydrogen-bond acceptors (Lipinski definition) is 2. The third kappa shape index (κ3) is 11.3. The molecule has 0 saturated carbocycles. The highest BCUT2D eigenvalue weighted by atomic mass is 79.9. The minimum atomic E-state index is -3.72. The van der Waals surface area contributed by atoms with E-state index in [1.54, 1.807) is 0 Å². The van der Waals surface area contributed by atoms with Gasteiger partial charge in [-0.05, 0) is 18.2 Å². The number of benzene rings is 1. The molecule has 0 N–H and O–H groups in total. The van der Waals surface area contributed by atoms with Crippen LogP contribution < -0.4 is 0 Å². The molecule has 1 aromatic rings. The molecule has 0 aliphatic heterocycles. The molecule has 0 aromatic heterocycles. The summed E-state index contributed by atoms with van der Waals surface area (Å²) in [7, 11) is 4.81. The lowest BCUT2D eigenvalue weighted by atomic mass is 10.4. The molecular weight excluding hydrogens is 447 g/mol. The summed E-state index contributed by atoms with van der Waals surface area (Å²) in [5.74, 6) is 0. The Hall–Kier alpha value is 1.19. The first-order chi connectivity index (χ1) is 6.18. The lowest BCUT2D eigenvalue weighted by Gasteiger charge is -1.92. The van der Waals surface area contributed by atoms with Gasteiger partial charge in [0, 0.05) is 34.8 Å². The molecule has 1 rings (SSSR count). The Morgan fingerprint density at radius 1 is 0.857 bits per heavy atom. The highest BCUT2D eigenvalue weighted by Crippen LogP contribution is 2.23. The second kappa shape index (κ2) is 6.70. The molecule has 0 amide bonds. The van der Waals surface area contributed by atoms with Crippen LogP contribution in [-0.4, -0.2) is 8.42 Å². The molecule has 80 valence electrons. The highest BCUT2D eigenvalue weighted by Gasteiger charge is 1.91. The normalized spacial score (nSPS) is 10.4. The van der Waals surface area contributed by atoms with Gasteiger partial charge in [-0.3, -0.25) is 0 Å². The Morgan fingerprint density at radius 3 is 1.14 bits per heavy atom. The summed E-state index contributed by atoms with van der Waals surface area (Å²) in [6.45, 7) is 0. The molecule has 0 aliphatic carbocycles. The van der Waals surface area contributed by atoms with Gasteiger partial charge in [-0.2, -0.15) is 8.42 Å². The van der Waals surface area contributed by atoms with Crippen molar-refractivity contribution in [2.24, 2.45) is 0 Å². The Bertz CT molecular complexity index is 349. The zero-order valence-electron chi connectivity index (χ0n) is 6.35. The van der Waals surface area contributed by atoms with Crippen LogP contribution in [0.4, 0.5) is 0 Å². The van der Waals surface area contributed by atoms with Crippen LogP contribution in [0.1, 0.15) is 0 Å². The van der Waals surface area contributed by atoms with Crippen molar-refractivity contribution < 1.29 is 8.42 Å². The van der Waals surface area contributed by atoms with Crippen LogP contribution in [0.2, 0.25) is 0 Å². The number of halogens is 5. The maximum Gasteiger partial charge on any atom is 0.317 e. The predicted molar refractivity (Wildman–Crippen MR) is 70.2 cm³/mol. The van der Waals surface area contributed by atoms with Crippen LogP contribution >= 0.6 is 69.2 Å². The van der Waals surface area contributed by atoms with Gasteiger partial charge < -0.3 is 0 Å². The lowest BCUT2D eigenvalue weighted by Crippen LogP contribution is -1.66. The van der Waals surface area contributed by atoms with E-state index in [-0.39, 0.29) is 0 Å². The Morgan fingerprint density at radius 2 is 1.00 bits per heavy atom. The summed E-state index contributed by atoms with van der Waals surface area (Å²) < 4.78 is 21.5. The molecule has 0 unspecified atom stereocenters. The lowest BCUT2D eigenvalue weighted by molar-refractivity contribution is 0.621. The molecule has 0 bridgehead atoms. The van der Waals surface area contributed by atoms with Crippen LogP contribution in [-0.2, 0) is 8.26 Å². The highest BCUT2D eigenvalue weighted by molar-refractivity contribution is 9.11. The van der Waals surface area contributed by atoms with Crippen molar-refractivity contribution in [1.82, 2.24) is 0 Å². The first-order valence-corrected chi connectivity index (χ1v) is 8.46. The zero-order chi connectivity index (χ0) is 11.4. The molecule has 0 radical (unpaired) electrons. The van der Waals surface area contributed by atoms with Gasteiger partial charge in [-0.25, -0.2) is 0 Å². The van der Waals surface area contributed by atoms with Crippen LogP contribution in [0.15, 0.2) is 31.6 Å². The molecular formula is C6H3Br3Cl2O2S. The Labute approximate surface area is 116 Å². The van der Waals surface area contributed by atoms with Crippen molar-refractivity contribution in [2.45, 2.75) is 0 Å². The van der Waals surface area contributed by atoms with Crippen molar-refractivity contribution in [3.05, 3.63) is 31.6 Å². The van der Waals surface area contributed by atoms with Crippen molar-refractivity contribution in [3.63, 3.8) is 0 Å². The minimum Gasteiger partial charge on any atom is -0.195 e. The second-order valence-corrected chi connectivity index (χ2v) is 8.38. The first-order valence-electron chi connectivity index (χ1n) is 2.94. The monoisotopic (exact) mass is 446 g/mol. The van der Waals surface area contributed by atoms with Crippen molar-refractivity contribution >= 4 is 77.4 Å². The summed E-state index contributed by atoms with van der Waals surface area (Å²) >= 11 is 10.1. The summed E-state index contributed by atoms with van der Waals surface area (Å²) in [6, 6.07) is 5.97. The van der Waals surface area contributed by atoms with Gasteiger partial charge in [0.05, 0.1) is 0 Å². The van der Waals surface area contributed by atoms with Gasteiger partial charge >= 0.3 is 8.26 Å². The third-order valence-electron chi connectivity index (χ3n) is 0.827. The van der Waals surface area contributed by atoms with Crippen LogP contribution in [0.25, 0.3) is 0 Å².